The van der Waals surface area contributed by atoms with Crippen molar-refractivity contribution < 1.29 is 8.83 Å². The smallest absolute Gasteiger partial charge is 0.164 e. The topological polar surface area (TPSA) is 65.0 Å². The third-order valence-electron chi connectivity index (χ3n) is 8.46. The molecule has 1 aliphatic rings. The van der Waals surface area contributed by atoms with E-state index in [1.807, 2.05) is 91.0 Å². The van der Waals surface area contributed by atoms with E-state index in [9.17, 15) is 0 Å². The highest BCUT2D eigenvalue weighted by Crippen LogP contribution is 2.40. The Morgan fingerprint density at radius 3 is 1.84 bits per heavy atom. The summed E-state index contributed by atoms with van der Waals surface area (Å²) in [7, 11) is 0. The van der Waals surface area contributed by atoms with Gasteiger partial charge in [-0.3, -0.25) is 0 Å². The van der Waals surface area contributed by atoms with Gasteiger partial charge in [-0.25, -0.2) is 15.0 Å². The molecule has 0 saturated heterocycles. The Morgan fingerprint density at radius 2 is 1.14 bits per heavy atom. The molecule has 0 fully saturated rings. The molecule has 0 spiro atoms. The fourth-order valence-electron chi connectivity index (χ4n) is 6.34. The number of para-hydroxylation sites is 2. The highest BCUT2D eigenvalue weighted by atomic mass is 16.3. The first-order valence-corrected chi connectivity index (χ1v) is 14.8. The quantitative estimate of drug-likeness (QED) is 0.214. The highest BCUT2D eigenvalue weighted by Gasteiger charge is 2.22. The Morgan fingerprint density at radius 1 is 0.545 bits per heavy atom. The van der Waals surface area contributed by atoms with Crippen molar-refractivity contribution >= 4 is 45.1 Å². The number of fused-ring (bicyclic) bond motifs is 6. The molecule has 1 unspecified atom stereocenters. The average Bonchev–Trinajstić information content (AvgIpc) is 3.66. The zero-order valence-electron chi connectivity index (χ0n) is 23.6. The number of furan rings is 2. The van der Waals surface area contributed by atoms with Gasteiger partial charge in [0.15, 0.2) is 17.5 Å². The van der Waals surface area contributed by atoms with Gasteiger partial charge in [0.2, 0.25) is 0 Å². The van der Waals surface area contributed by atoms with Crippen LogP contribution in [0, 0.1) is 0 Å². The molecule has 3 aromatic heterocycles. The lowest BCUT2D eigenvalue weighted by molar-refractivity contribution is 0.569. The number of aromatic nitrogens is 3. The van der Waals surface area contributed by atoms with Crippen LogP contribution < -0.4 is 10.6 Å². The third-order valence-corrected chi connectivity index (χ3v) is 8.46. The molecule has 0 radical (unpaired) electrons. The van der Waals surface area contributed by atoms with Crippen LogP contribution in [0.3, 0.4) is 0 Å². The molecule has 5 heteroatoms. The first kappa shape index (κ1) is 24.8. The molecule has 3 heterocycles. The summed E-state index contributed by atoms with van der Waals surface area (Å²) in [5.41, 5.74) is 7.37. The van der Waals surface area contributed by atoms with Crippen LogP contribution in [0.5, 0.6) is 0 Å². The number of benzene rings is 5. The lowest BCUT2D eigenvalue weighted by Gasteiger charge is -2.15. The van der Waals surface area contributed by atoms with E-state index in [0.717, 1.165) is 67.0 Å². The van der Waals surface area contributed by atoms with Crippen molar-refractivity contribution in [1.82, 2.24) is 15.0 Å². The van der Waals surface area contributed by atoms with Gasteiger partial charge in [-0.2, -0.15) is 0 Å². The Bertz CT molecular complexity index is 2420. The molecule has 208 valence electrons. The van der Waals surface area contributed by atoms with E-state index >= 15 is 0 Å². The summed E-state index contributed by atoms with van der Waals surface area (Å²) in [6, 6.07) is 40.9. The fraction of sp³-hybridized carbons (Fsp3) is 0.0513. The van der Waals surface area contributed by atoms with Crippen LogP contribution in [0.4, 0.5) is 0 Å². The van der Waals surface area contributed by atoms with E-state index in [-0.39, 0.29) is 5.92 Å². The van der Waals surface area contributed by atoms with Gasteiger partial charge in [-0.1, -0.05) is 103 Å². The molecular formula is C39H25N3O2. The molecule has 8 aromatic rings. The predicted molar refractivity (Wildman–Crippen MR) is 175 cm³/mol. The minimum absolute atomic E-state index is 0.100. The van der Waals surface area contributed by atoms with Crippen molar-refractivity contribution in [3.8, 4) is 34.2 Å². The summed E-state index contributed by atoms with van der Waals surface area (Å²) in [6.45, 7) is 0. The molecule has 9 rings (SSSR count). The normalized spacial score (nSPS) is 14.4. The van der Waals surface area contributed by atoms with Crippen LogP contribution in [0.1, 0.15) is 17.9 Å². The molecule has 0 bridgehead atoms. The van der Waals surface area contributed by atoms with Gasteiger partial charge in [-0.15, -0.1) is 0 Å². The van der Waals surface area contributed by atoms with Crippen molar-refractivity contribution in [3.63, 3.8) is 0 Å². The van der Waals surface area contributed by atoms with Crippen LogP contribution in [-0.4, -0.2) is 15.0 Å². The summed E-state index contributed by atoms with van der Waals surface area (Å²) < 4.78 is 12.8. The fourth-order valence-corrected chi connectivity index (χ4v) is 6.34. The summed E-state index contributed by atoms with van der Waals surface area (Å²) in [6.07, 6.45) is 5.38. The van der Waals surface area contributed by atoms with Crippen LogP contribution in [0.15, 0.2) is 130 Å². The van der Waals surface area contributed by atoms with E-state index in [4.69, 9.17) is 23.8 Å². The standard InChI is InChI=1S/C39H25N3O2/c1-3-11-24(12-4-1)37-40-38(25-13-5-2-6-14-25)42-39(41-37)31-21-27(23-35-36(31)30-16-8-10-18-33(30)44-35)26-19-20-29-28-15-7-9-17-32(28)43-34(29)22-26/h1-18,20-23,26H,19H2. The lowest BCUT2D eigenvalue weighted by Crippen LogP contribution is -2.24. The van der Waals surface area contributed by atoms with E-state index < -0.39 is 0 Å². The second-order valence-corrected chi connectivity index (χ2v) is 11.2. The maximum Gasteiger partial charge on any atom is 0.164 e. The van der Waals surface area contributed by atoms with Crippen molar-refractivity contribution in [3.05, 3.63) is 138 Å². The van der Waals surface area contributed by atoms with E-state index in [1.165, 1.54) is 5.22 Å². The van der Waals surface area contributed by atoms with Gasteiger partial charge < -0.3 is 8.83 Å². The zero-order valence-corrected chi connectivity index (χ0v) is 23.6. The monoisotopic (exact) mass is 567 g/mol. The Hall–Kier alpha value is -5.81. The SMILES string of the molecule is C1=c2oc3ccccc3c2=CCC1c1cc(-c2nc(-c3ccccc3)nc(-c3ccccc3)n2)c2c(c1)oc1ccccc12. The maximum absolute atomic E-state index is 6.47. The molecule has 0 N–H and O–H groups in total. The Labute approximate surface area is 252 Å². The van der Waals surface area contributed by atoms with Crippen LogP contribution in [0.25, 0.3) is 79.2 Å². The molecule has 0 amide bonds. The summed E-state index contributed by atoms with van der Waals surface area (Å²) in [5, 5.41) is 4.35. The highest BCUT2D eigenvalue weighted by molar-refractivity contribution is 6.12. The van der Waals surface area contributed by atoms with E-state index in [1.54, 1.807) is 0 Å². The van der Waals surface area contributed by atoms with Crippen molar-refractivity contribution in [2.24, 2.45) is 0 Å². The largest absolute Gasteiger partial charge is 0.456 e. The minimum atomic E-state index is 0.100. The van der Waals surface area contributed by atoms with E-state index in [2.05, 4.69) is 42.5 Å². The zero-order chi connectivity index (χ0) is 29.0. The Kier molecular flexibility index (Phi) is 5.56. The number of hydrogen-bond donors (Lipinski definition) is 0. The molecular weight excluding hydrogens is 542 g/mol. The lowest BCUT2D eigenvalue weighted by atomic mass is 9.89. The van der Waals surface area contributed by atoms with Crippen molar-refractivity contribution in [2.75, 3.05) is 0 Å². The molecule has 44 heavy (non-hydrogen) atoms. The third kappa shape index (κ3) is 4.05. The van der Waals surface area contributed by atoms with Crippen LogP contribution in [0.2, 0.25) is 0 Å². The molecule has 5 nitrogen and oxygen atoms in total. The van der Waals surface area contributed by atoms with Crippen LogP contribution >= 0.6 is 0 Å². The number of hydrogen-bond acceptors (Lipinski definition) is 5. The summed E-state index contributed by atoms with van der Waals surface area (Å²) >= 11 is 0. The first-order chi connectivity index (χ1) is 21.8. The molecule has 1 aliphatic carbocycles. The second-order valence-electron chi connectivity index (χ2n) is 11.2. The average molecular weight is 568 g/mol. The number of rotatable bonds is 4. The molecule has 1 atom stereocenters. The van der Waals surface area contributed by atoms with Gasteiger partial charge in [0.25, 0.3) is 0 Å². The van der Waals surface area contributed by atoms with Gasteiger partial charge >= 0.3 is 0 Å². The Balaban J connectivity index is 1.30. The molecule has 0 aliphatic heterocycles. The molecule has 0 saturated carbocycles. The minimum Gasteiger partial charge on any atom is -0.456 e. The summed E-state index contributed by atoms with van der Waals surface area (Å²) in [4.78, 5) is 15.1. The van der Waals surface area contributed by atoms with E-state index in [0.29, 0.717) is 17.5 Å². The van der Waals surface area contributed by atoms with Crippen molar-refractivity contribution in [1.29, 1.82) is 0 Å². The summed E-state index contributed by atoms with van der Waals surface area (Å²) in [5.74, 6) is 1.97. The van der Waals surface area contributed by atoms with Gasteiger partial charge in [-0.05, 0) is 42.3 Å². The maximum atomic E-state index is 6.47. The van der Waals surface area contributed by atoms with Crippen molar-refractivity contribution in [2.45, 2.75) is 12.3 Å². The van der Waals surface area contributed by atoms with Gasteiger partial charge in [0.1, 0.15) is 22.2 Å². The van der Waals surface area contributed by atoms with Crippen LogP contribution in [-0.2, 0) is 0 Å². The number of nitrogens with zero attached hydrogens (tertiary/aromatic N) is 3. The molecule has 5 aromatic carbocycles. The first-order valence-electron chi connectivity index (χ1n) is 14.8. The second kappa shape index (κ2) is 9.89. The van der Waals surface area contributed by atoms with Gasteiger partial charge in [0, 0.05) is 44.0 Å². The predicted octanol–water partition coefficient (Wildman–Crippen LogP) is 8.27. The van der Waals surface area contributed by atoms with Gasteiger partial charge in [0.05, 0.1) is 0 Å².